The first kappa shape index (κ1) is 17.5. The molecule has 0 N–H and O–H groups in total. The maximum absolute atomic E-state index is 12.5. The molecule has 0 spiro atoms. The van der Waals surface area contributed by atoms with E-state index in [-0.39, 0.29) is 23.9 Å². The molecule has 0 aromatic carbocycles. The molecule has 2 aliphatic heterocycles. The first-order valence-corrected chi connectivity index (χ1v) is 9.94. The largest absolute Gasteiger partial charge is 0.375 e. The van der Waals surface area contributed by atoms with Crippen LogP contribution in [0.2, 0.25) is 5.02 Å². The summed E-state index contributed by atoms with van der Waals surface area (Å²) in [5.74, 6) is -0.193. The number of carbonyl (C=O) groups is 1. The number of hydrogen-bond donors (Lipinski definition) is 0. The summed E-state index contributed by atoms with van der Waals surface area (Å²) in [5.41, 5.74) is 0. The Hall–Kier alpha value is -1.29. The first-order chi connectivity index (χ1) is 11.4. The number of amides is 1. The van der Waals surface area contributed by atoms with Crippen molar-refractivity contribution in [2.75, 3.05) is 32.5 Å². The molecule has 3 rings (SSSR count). The highest BCUT2D eigenvalue weighted by atomic mass is 35.5. The molecule has 24 heavy (non-hydrogen) atoms. The zero-order chi connectivity index (χ0) is 17.3. The van der Waals surface area contributed by atoms with Gasteiger partial charge in [-0.25, -0.2) is 18.4 Å². The molecule has 0 aliphatic carbocycles. The van der Waals surface area contributed by atoms with Gasteiger partial charge < -0.3 is 9.64 Å². The lowest BCUT2D eigenvalue weighted by molar-refractivity contribution is -0.0406. The number of likely N-dealkylation sites (tertiary alicyclic amines) is 1. The number of fused-ring (bicyclic) bond motifs is 1. The predicted molar refractivity (Wildman–Crippen MR) is 87.3 cm³/mol. The fraction of sp³-hybridized carbons (Fsp3) is 0.643. The van der Waals surface area contributed by atoms with Crippen LogP contribution in [-0.4, -0.2) is 78.1 Å². The van der Waals surface area contributed by atoms with Gasteiger partial charge in [0.15, 0.2) is 0 Å². The van der Waals surface area contributed by atoms with E-state index in [0.29, 0.717) is 44.1 Å². The van der Waals surface area contributed by atoms with Crippen molar-refractivity contribution in [1.82, 2.24) is 19.2 Å². The number of sulfonamides is 1. The van der Waals surface area contributed by atoms with Crippen molar-refractivity contribution in [2.45, 2.75) is 25.0 Å². The summed E-state index contributed by atoms with van der Waals surface area (Å²) in [6, 6.07) is -0.238. The van der Waals surface area contributed by atoms with Crippen LogP contribution in [-0.2, 0) is 14.8 Å². The monoisotopic (exact) mass is 374 g/mol. The molecule has 8 nitrogen and oxygen atoms in total. The molecule has 0 radical (unpaired) electrons. The fourth-order valence-corrected chi connectivity index (χ4v) is 4.46. The van der Waals surface area contributed by atoms with Gasteiger partial charge in [-0.05, 0) is 12.8 Å². The van der Waals surface area contributed by atoms with Crippen molar-refractivity contribution >= 4 is 27.5 Å². The summed E-state index contributed by atoms with van der Waals surface area (Å²) in [4.78, 5) is 22.1. The predicted octanol–water partition coefficient (Wildman–Crippen LogP) is 0.395. The van der Waals surface area contributed by atoms with E-state index in [0.717, 1.165) is 0 Å². The first-order valence-electron chi connectivity index (χ1n) is 7.71. The van der Waals surface area contributed by atoms with Gasteiger partial charge in [0.1, 0.15) is 0 Å². The average molecular weight is 375 g/mol. The highest BCUT2D eigenvalue weighted by Crippen LogP contribution is 2.26. The Morgan fingerprint density at radius 1 is 1.25 bits per heavy atom. The minimum Gasteiger partial charge on any atom is -0.375 e. The second-order valence-corrected chi connectivity index (χ2v) is 8.32. The van der Waals surface area contributed by atoms with E-state index in [9.17, 15) is 13.2 Å². The zero-order valence-corrected chi connectivity index (χ0v) is 14.8. The number of nitrogens with zero attached hydrogens (tertiary/aromatic N) is 4. The van der Waals surface area contributed by atoms with Crippen molar-refractivity contribution in [2.24, 2.45) is 0 Å². The van der Waals surface area contributed by atoms with Crippen LogP contribution in [0.25, 0.3) is 0 Å². The lowest BCUT2D eigenvalue weighted by atomic mass is 10.0. The van der Waals surface area contributed by atoms with E-state index in [1.165, 1.54) is 23.0 Å². The molecule has 1 amide bonds. The lowest BCUT2D eigenvalue weighted by Crippen LogP contribution is -2.53. The van der Waals surface area contributed by atoms with Crippen LogP contribution in [0.3, 0.4) is 0 Å². The molecule has 3 heterocycles. The second-order valence-electron chi connectivity index (χ2n) is 5.94. The summed E-state index contributed by atoms with van der Waals surface area (Å²) < 4.78 is 31.2. The van der Waals surface area contributed by atoms with Crippen molar-refractivity contribution in [3.8, 4) is 0 Å². The van der Waals surface area contributed by atoms with Gasteiger partial charge in [-0.2, -0.15) is 4.31 Å². The summed E-state index contributed by atoms with van der Waals surface area (Å²) >= 11 is 5.74. The maximum atomic E-state index is 12.5. The Bertz CT molecular complexity index is 712. The number of aromatic nitrogens is 2. The quantitative estimate of drug-likeness (QED) is 0.743. The van der Waals surface area contributed by atoms with Crippen molar-refractivity contribution < 1.29 is 17.9 Å². The number of morpholine rings is 1. The SMILES string of the molecule is CS(=O)(=O)N1CCO[C@@H]2CCN(C(=O)c3ncc(Cl)cn3)CC[C@H]21. The van der Waals surface area contributed by atoms with Crippen LogP contribution >= 0.6 is 11.6 Å². The van der Waals surface area contributed by atoms with E-state index >= 15 is 0 Å². The molecule has 132 valence electrons. The van der Waals surface area contributed by atoms with E-state index in [1.54, 1.807) is 4.90 Å². The number of halogens is 1. The summed E-state index contributed by atoms with van der Waals surface area (Å²) in [7, 11) is -3.30. The minimum atomic E-state index is -3.30. The highest BCUT2D eigenvalue weighted by Gasteiger charge is 2.39. The van der Waals surface area contributed by atoms with Crippen molar-refractivity contribution in [3.05, 3.63) is 23.2 Å². The molecule has 0 saturated carbocycles. The van der Waals surface area contributed by atoms with Gasteiger partial charge in [0.2, 0.25) is 15.8 Å². The molecule has 1 aromatic heterocycles. The van der Waals surface area contributed by atoms with Gasteiger partial charge >= 0.3 is 0 Å². The van der Waals surface area contributed by atoms with E-state index in [2.05, 4.69) is 9.97 Å². The third-order valence-corrected chi connectivity index (χ3v) is 5.85. The smallest absolute Gasteiger partial charge is 0.291 e. The molecule has 2 aliphatic rings. The summed E-state index contributed by atoms with van der Waals surface area (Å²) in [5, 5.41) is 0.366. The molecule has 10 heteroatoms. The normalized spacial score (nSPS) is 25.8. The molecule has 2 atom stereocenters. The number of ether oxygens (including phenoxy) is 1. The Kier molecular flexibility index (Phi) is 5.05. The number of hydrogen-bond acceptors (Lipinski definition) is 6. The van der Waals surface area contributed by atoms with Gasteiger partial charge in [0, 0.05) is 32.0 Å². The Labute approximate surface area is 145 Å². The topological polar surface area (TPSA) is 92.7 Å². The third kappa shape index (κ3) is 3.69. The van der Waals surface area contributed by atoms with Crippen LogP contribution in [0.1, 0.15) is 23.5 Å². The Morgan fingerprint density at radius 3 is 2.58 bits per heavy atom. The maximum Gasteiger partial charge on any atom is 0.291 e. The lowest BCUT2D eigenvalue weighted by Gasteiger charge is -2.38. The van der Waals surface area contributed by atoms with Gasteiger partial charge in [0.25, 0.3) is 5.91 Å². The van der Waals surface area contributed by atoms with E-state index in [4.69, 9.17) is 16.3 Å². The van der Waals surface area contributed by atoms with E-state index in [1.807, 2.05) is 0 Å². The number of rotatable bonds is 2. The van der Waals surface area contributed by atoms with Crippen LogP contribution in [0.5, 0.6) is 0 Å². The summed E-state index contributed by atoms with van der Waals surface area (Å²) in [6.45, 7) is 1.64. The Balaban J connectivity index is 1.74. The second kappa shape index (κ2) is 6.91. The number of carbonyl (C=O) groups excluding carboxylic acids is 1. The summed E-state index contributed by atoms with van der Waals surface area (Å²) in [6.07, 6.45) is 4.89. The molecule has 2 saturated heterocycles. The van der Waals surface area contributed by atoms with Gasteiger partial charge in [-0.15, -0.1) is 0 Å². The standard InChI is InChI=1S/C14H19ClN4O4S/c1-24(21,22)19-6-7-23-12-3-5-18(4-2-11(12)19)14(20)13-16-8-10(15)9-17-13/h8-9,11-12H,2-7H2,1H3/t11-,12-/m1/s1. The van der Waals surface area contributed by atoms with Gasteiger partial charge in [-0.1, -0.05) is 11.6 Å². The van der Waals surface area contributed by atoms with Crippen molar-refractivity contribution in [1.29, 1.82) is 0 Å². The van der Waals surface area contributed by atoms with Crippen LogP contribution in [0.4, 0.5) is 0 Å². The minimum absolute atomic E-state index is 0.0881. The fourth-order valence-electron chi connectivity index (χ4n) is 3.22. The molecule has 0 bridgehead atoms. The molecular weight excluding hydrogens is 356 g/mol. The van der Waals surface area contributed by atoms with Crippen LogP contribution < -0.4 is 0 Å². The molecule has 1 aromatic rings. The highest BCUT2D eigenvalue weighted by molar-refractivity contribution is 7.88. The zero-order valence-electron chi connectivity index (χ0n) is 13.3. The van der Waals surface area contributed by atoms with Crippen LogP contribution in [0.15, 0.2) is 12.4 Å². The van der Waals surface area contributed by atoms with Gasteiger partial charge in [-0.3, -0.25) is 4.79 Å². The average Bonchev–Trinajstić information content (AvgIpc) is 2.76. The third-order valence-electron chi connectivity index (χ3n) is 4.35. The van der Waals surface area contributed by atoms with Gasteiger partial charge in [0.05, 0.1) is 30.0 Å². The molecular formula is C14H19ClN4O4S. The Morgan fingerprint density at radius 2 is 1.92 bits per heavy atom. The van der Waals surface area contributed by atoms with Crippen LogP contribution in [0, 0.1) is 0 Å². The van der Waals surface area contributed by atoms with E-state index < -0.39 is 10.0 Å². The molecule has 0 unspecified atom stereocenters. The van der Waals surface area contributed by atoms with Crippen molar-refractivity contribution in [3.63, 3.8) is 0 Å². The molecule has 2 fully saturated rings.